The van der Waals surface area contributed by atoms with E-state index < -0.39 is 16.0 Å². The first-order valence-electron chi connectivity index (χ1n) is 5.43. The van der Waals surface area contributed by atoms with Crippen LogP contribution in [-0.4, -0.2) is 37.5 Å². The zero-order valence-electron chi connectivity index (χ0n) is 10.3. The van der Waals surface area contributed by atoms with Crippen LogP contribution in [0.15, 0.2) is 18.2 Å². The molecule has 1 aromatic rings. The Balaban J connectivity index is 2.67. The maximum absolute atomic E-state index is 11.6. The Kier molecular flexibility index (Phi) is 4.99. The lowest BCUT2D eigenvalue weighted by atomic mass is 10.3. The molecule has 0 aliphatic rings. The Hall–Kier alpha value is -1.96. The van der Waals surface area contributed by atoms with Crippen molar-refractivity contribution in [2.75, 3.05) is 17.6 Å². The van der Waals surface area contributed by atoms with E-state index in [2.05, 4.69) is 4.72 Å². The molecule has 0 saturated carbocycles. The van der Waals surface area contributed by atoms with Crippen LogP contribution in [0.1, 0.15) is 12.8 Å². The normalized spacial score (nSPS) is 11.0. The first kappa shape index (κ1) is 15.1. The fraction of sp³-hybridized carbons (Fsp3) is 0.364. The van der Waals surface area contributed by atoms with Crippen molar-refractivity contribution in [3.05, 3.63) is 18.2 Å². The summed E-state index contributed by atoms with van der Waals surface area (Å²) in [5.74, 6) is -1.30. The molecule has 0 aliphatic carbocycles. The molecule has 0 spiro atoms. The molecular formula is C11H15NO6S. The van der Waals surface area contributed by atoms with Crippen molar-refractivity contribution in [2.45, 2.75) is 12.8 Å². The van der Waals surface area contributed by atoms with E-state index in [0.29, 0.717) is 0 Å². The van der Waals surface area contributed by atoms with Crippen molar-refractivity contribution < 1.29 is 28.2 Å². The van der Waals surface area contributed by atoms with Crippen LogP contribution in [0.3, 0.4) is 0 Å². The van der Waals surface area contributed by atoms with Crippen LogP contribution < -0.4 is 9.46 Å². The summed E-state index contributed by atoms with van der Waals surface area (Å²) in [6.07, 6.45) is -0.193. The predicted molar refractivity (Wildman–Crippen MR) is 68.9 cm³/mol. The van der Waals surface area contributed by atoms with Crippen LogP contribution in [-0.2, 0) is 14.8 Å². The number of hydrogen-bond acceptors (Lipinski definition) is 5. The molecule has 0 bridgehead atoms. The summed E-state index contributed by atoms with van der Waals surface area (Å²) in [6, 6.07) is 4.07. The molecule has 106 valence electrons. The minimum absolute atomic E-state index is 0.0206. The summed E-state index contributed by atoms with van der Waals surface area (Å²) in [5, 5.41) is 17.9. The number of carboxylic acids is 1. The van der Waals surface area contributed by atoms with Gasteiger partial charge in [0.25, 0.3) is 0 Å². The van der Waals surface area contributed by atoms with Gasteiger partial charge in [-0.1, -0.05) is 0 Å². The van der Waals surface area contributed by atoms with Crippen molar-refractivity contribution in [3.8, 4) is 11.5 Å². The van der Waals surface area contributed by atoms with Crippen molar-refractivity contribution in [1.29, 1.82) is 0 Å². The molecule has 1 aromatic carbocycles. The van der Waals surface area contributed by atoms with E-state index in [9.17, 15) is 18.3 Å². The molecule has 0 aliphatic heterocycles. The maximum Gasteiger partial charge on any atom is 0.303 e. The highest BCUT2D eigenvalue weighted by molar-refractivity contribution is 7.92. The van der Waals surface area contributed by atoms with Crippen LogP contribution in [0.5, 0.6) is 11.5 Å². The summed E-state index contributed by atoms with van der Waals surface area (Å²) < 4.78 is 30.3. The average Bonchev–Trinajstić information content (AvgIpc) is 2.27. The number of hydrogen-bond donors (Lipinski definition) is 3. The number of phenolic OH excluding ortho intramolecular Hbond substituents is 1. The molecule has 19 heavy (non-hydrogen) atoms. The van der Waals surface area contributed by atoms with Gasteiger partial charge in [0.2, 0.25) is 10.0 Å². The minimum Gasteiger partial charge on any atom is -0.504 e. The Labute approximate surface area is 110 Å². The number of anilines is 1. The number of rotatable bonds is 7. The largest absolute Gasteiger partial charge is 0.504 e. The number of ether oxygens (including phenoxy) is 1. The number of carbonyl (C=O) groups is 1. The zero-order chi connectivity index (χ0) is 14.5. The minimum atomic E-state index is -3.63. The lowest BCUT2D eigenvalue weighted by Crippen LogP contribution is -2.17. The van der Waals surface area contributed by atoms with Gasteiger partial charge in [0.1, 0.15) is 0 Å². The summed E-state index contributed by atoms with van der Waals surface area (Å²) in [7, 11) is -2.25. The van der Waals surface area contributed by atoms with Gasteiger partial charge in [-0.15, -0.1) is 0 Å². The Morgan fingerprint density at radius 3 is 2.63 bits per heavy atom. The second-order valence-electron chi connectivity index (χ2n) is 3.80. The van der Waals surface area contributed by atoms with Gasteiger partial charge in [0, 0.05) is 12.5 Å². The Bertz CT molecular complexity index is 554. The van der Waals surface area contributed by atoms with Crippen LogP contribution in [0.25, 0.3) is 0 Å². The maximum atomic E-state index is 11.6. The molecule has 8 heteroatoms. The van der Waals surface area contributed by atoms with Crippen LogP contribution in [0.4, 0.5) is 5.69 Å². The molecule has 0 aromatic heterocycles. The van der Waals surface area contributed by atoms with Crippen molar-refractivity contribution in [3.63, 3.8) is 0 Å². The second kappa shape index (κ2) is 6.28. The number of benzene rings is 1. The van der Waals surface area contributed by atoms with Crippen LogP contribution in [0.2, 0.25) is 0 Å². The highest BCUT2D eigenvalue weighted by atomic mass is 32.2. The molecular weight excluding hydrogens is 274 g/mol. The molecule has 0 fully saturated rings. The van der Waals surface area contributed by atoms with E-state index in [4.69, 9.17) is 9.84 Å². The van der Waals surface area contributed by atoms with E-state index in [1.165, 1.54) is 25.3 Å². The van der Waals surface area contributed by atoms with E-state index in [1.807, 2.05) is 0 Å². The van der Waals surface area contributed by atoms with Gasteiger partial charge in [-0.3, -0.25) is 9.52 Å². The van der Waals surface area contributed by atoms with Crippen LogP contribution >= 0.6 is 0 Å². The number of nitrogens with one attached hydrogen (secondary N) is 1. The number of carboxylic acid groups (broad SMARTS) is 1. The topological polar surface area (TPSA) is 113 Å². The summed E-state index contributed by atoms with van der Waals surface area (Å²) in [5.41, 5.74) is 0.189. The van der Waals surface area contributed by atoms with Crippen LogP contribution in [0, 0.1) is 0 Å². The molecule has 0 radical (unpaired) electrons. The van der Waals surface area contributed by atoms with E-state index in [0.717, 1.165) is 0 Å². The third kappa shape index (κ3) is 5.04. The molecule has 0 atom stereocenters. The van der Waals surface area contributed by atoms with E-state index in [-0.39, 0.29) is 35.8 Å². The van der Waals surface area contributed by atoms with Gasteiger partial charge in [-0.05, 0) is 18.6 Å². The molecule has 0 amide bonds. The van der Waals surface area contributed by atoms with E-state index in [1.54, 1.807) is 0 Å². The quantitative estimate of drug-likeness (QED) is 0.690. The third-order valence-electron chi connectivity index (χ3n) is 2.26. The van der Waals surface area contributed by atoms with Gasteiger partial charge in [0.15, 0.2) is 11.5 Å². The molecule has 0 saturated heterocycles. The van der Waals surface area contributed by atoms with Crippen molar-refractivity contribution >= 4 is 21.7 Å². The van der Waals surface area contributed by atoms with Crippen molar-refractivity contribution in [2.24, 2.45) is 0 Å². The predicted octanol–water partition coefficient (Wildman–Crippen LogP) is 1.01. The Morgan fingerprint density at radius 1 is 1.42 bits per heavy atom. The Morgan fingerprint density at radius 2 is 2.11 bits per heavy atom. The number of phenols is 1. The molecule has 7 nitrogen and oxygen atoms in total. The lowest BCUT2D eigenvalue weighted by molar-refractivity contribution is -0.137. The number of aromatic hydroxyl groups is 1. The highest BCUT2D eigenvalue weighted by Crippen LogP contribution is 2.28. The highest BCUT2D eigenvalue weighted by Gasteiger charge is 2.12. The number of sulfonamides is 1. The van der Waals surface area contributed by atoms with Crippen molar-refractivity contribution in [1.82, 2.24) is 0 Å². The van der Waals surface area contributed by atoms with E-state index >= 15 is 0 Å². The second-order valence-corrected chi connectivity index (χ2v) is 5.65. The van der Waals surface area contributed by atoms with Gasteiger partial charge in [0.05, 0.1) is 18.6 Å². The fourth-order valence-corrected chi connectivity index (χ4v) is 2.51. The average molecular weight is 289 g/mol. The first-order valence-corrected chi connectivity index (χ1v) is 7.08. The summed E-state index contributed by atoms with van der Waals surface area (Å²) in [6.45, 7) is 0. The zero-order valence-corrected chi connectivity index (χ0v) is 11.1. The summed E-state index contributed by atoms with van der Waals surface area (Å²) in [4.78, 5) is 10.3. The molecule has 3 N–H and O–H groups in total. The lowest BCUT2D eigenvalue weighted by Gasteiger charge is -2.09. The smallest absolute Gasteiger partial charge is 0.303 e. The van der Waals surface area contributed by atoms with Gasteiger partial charge >= 0.3 is 5.97 Å². The van der Waals surface area contributed by atoms with Gasteiger partial charge < -0.3 is 14.9 Å². The molecule has 0 unspecified atom stereocenters. The molecule has 1 rings (SSSR count). The first-order chi connectivity index (χ1) is 8.84. The third-order valence-corrected chi connectivity index (χ3v) is 3.63. The SMILES string of the molecule is COc1ccc(NS(=O)(=O)CCCC(=O)O)cc1O. The summed E-state index contributed by atoms with van der Waals surface area (Å²) >= 11 is 0. The number of aliphatic carboxylic acids is 1. The fourth-order valence-electron chi connectivity index (χ4n) is 1.40. The standard InChI is InChI=1S/C11H15NO6S/c1-18-10-5-4-8(7-9(10)13)12-19(16,17)6-2-3-11(14)15/h4-5,7,12-13H,2-3,6H2,1H3,(H,14,15). The van der Waals surface area contributed by atoms with Gasteiger partial charge in [-0.2, -0.15) is 0 Å². The number of methoxy groups -OCH3 is 1. The monoisotopic (exact) mass is 289 g/mol. The van der Waals surface area contributed by atoms with Gasteiger partial charge in [-0.25, -0.2) is 8.42 Å². The molecule has 0 heterocycles.